The Kier molecular flexibility index (Phi) is 9.82. The fourth-order valence-corrected chi connectivity index (χ4v) is 4.55. The second-order valence-electron chi connectivity index (χ2n) is 8.66. The Bertz CT molecular complexity index is 917. The molecule has 33 heavy (non-hydrogen) atoms. The molecule has 1 saturated heterocycles. The lowest BCUT2D eigenvalue weighted by Crippen LogP contribution is -2.53. The molecule has 2 aliphatic rings. The molecule has 180 valence electrons. The van der Waals surface area contributed by atoms with E-state index in [1.807, 2.05) is 30.3 Å². The summed E-state index contributed by atoms with van der Waals surface area (Å²) in [5, 5.41) is 22.3. The van der Waals surface area contributed by atoms with E-state index < -0.39 is 5.60 Å². The van der Waals surface area contributed by atoms with Gasteiger partial charge in [0.15, 0.2) is 11.4 Å². The van der Waals surface area contributed by atoms with Crippen molar-refractivity contribution in [2.75, 3.05) is 32.7 Å². The zero-order valence-electron chi connectivity index (χ0n) is 18.5. The fourth-order valence-electron chi connectivity index (χ4n) is 4.55. The van der Waals surface area contributed by atoms with Crippen molar-refractivity contribution < 1.29 is 14.8 Å². The predicted molar refractivity (Wildman–Crippen MR) is 132 cm³/mol. The summed E-state index contributed by atoms with van der Waals surface area (Å²) in [5.41, 5.74) is 0.458. The number of Topliss-reactive ketones (excluding diaryl/α,β-unsaturated/α-hetero) is 1. The summed E-state index contributed by atoms with van der Waals surface area (Å²) in [6.45, 7) is 4.14. The summed E-state index contributed by atoms with van der Waals surface area (Å²) in [5.74, 6) is -0.0990. The molecule has 1 N–H and O–H groups in total. The third kappa shape index (κ3) is 6.11. The molecule has 0 aromatic heterocycles. The monoisotopic (exact) mass is 495 g/mol. The van der Waals surface area contributed by atoms with Crippen LogP contribution in [0.4, 0.5) is 5.69 Å². The van der Waals surface area contributed by atoms with Crippen molar-refractivity contribution in [1.82, 2.24) is 9.80 Å². The minimum Gasteiger partial charge on any atom is -0.377 e. The SMILES string of the molecule is Cl.Cl.O=C(CN1CCN(Cc2ccc([N+](=O)[O-])cc2)CC1)C(O)(c1ccccc1)C1CCC1. The van der Waals surface area contributed by atoms with Gasteiger partial charge in [-0.3, -0.25) is 24.7 Å². The lowest BCUT2D eigenvalue weighted by molar-refractivity contribution is -0.384. The van der Waals surface area contributed by atoms with Crippen LogP contribution < -0.4 is 0 Å². The largest absolute Gasteiger partial charge is 0.377 e. The van der Waals surface area contributed by atoms with Gasteiger partial charge in [0.05, 0.1) is 11.5 Å². The molecule has 0 spiro atoms. The molecule has 1 saturated carbocycles. The second-order valence-corrected chi connectivity index (χ2v) is 8.66. The number of ketones is 1. The summed E-state index contributed by atoms with van der Waals surface area (Å²) >= 11 is 0. The average molecular weight is 496 g/mol. The number of carbonyl (C=O) groups is 1. The molecule has 1 aliphatic carbocycles. The van der Waals surface area contributed by atoms with Crippen LogP contribution in [0.3, 0.4) is 0 Å². The Morgan fingerprint density at radius 1 is 0.970 bits per heavy atom. The molecule has 0 bridgehead atoms. The molecule has 0 amide bonds. The zero-order chi connectivity index (χ0) is 21.8. The van der Waals surface area contributed by atoms with Crippen LogP contribution in [0, 0.1) is 16.0 Å². The van der Waals surface area contributed by atoms with Crippen LogP contribution in [0.15, 0.2) is 54.6 Å². The zero-order valence-corrected chi connectivity index (χ0v) is 20.1. The number of carbonyl (C=O) groups excluding carboxylic acids is 1. The van der Waals surface area contributed by atoms with E-state index in [0.717, 1.165) is 57.5 Å². The number of hydrogen-bond donors (Lipinski definition) is 1. The number of rotatable bonds is 8. The molecular weight excluding hydrogens is 465 g/mol. The number of nitrogens with zero attached hydrogens (tertiary/aromatic N) is 3. The first-order chi connectivity index (χ1) is 15.0. The predicted octanol–water partition coefficient (Wildman–Crippen LogP) is 3.81. The van der Waals surface area contributed by atoms with E-state index in [4.69, 9.17) is 0 Å². The number of piperazine rings is 1. The first-order valence-corrected chi connectivity index (χ1v) is 11.0. The molecule has 9 heteroatoms. The number of hydrogen-bond acceptors (Lipinski definition) is 6. The van der Waals surface area contributed by atoms with Gasteiger partial charge in [-0.2, -0.15) is 0 Å². The highest BCUT2D eigenvalue weighted by atomic mass is 35.5. The van der Waals surface area contributed by atoms with Gasteiger partial charge >= 0.3 is 0 Å². The van der Waals surface area contributed by atoms with Gasteiger partial charge in [-0.1, -0.05) is 48.9 Å². The van der Waals surface area contributed by atoms with E-state index >= 15 is 0 Å². The molecule has 2 aromatic rings. The minimum absolute atomic E-state index is 0. The van der Waals surface area contributed by atoms with Crippen LogP contribution >= 0.6 is 24.8 Å². The summed E-state index contributed by atoms with van der Waals surface area (Å²) in [6, 6.07) is 16.0. The second kappa shape index (κ2) is 11.9. The molecule has 4 rings (SSSR count). The maximum absolute atomic E-state index is 13.3. The Morgan fingerprint density at radius 2 is 1.55 bits per heavy atom. The maximum Gasteiger partial charge on any atom is 0.269 e. The normalized spacial score (nSPS) is 18.8. The quantitative estimate of drug-likeness (QED) is 0.442. The van der Waals surface area contributed by atoms with Crippen LogP contribution in [0.25, 0.3) is 0 Å². The highest BCUT2D eigenvalue weighted by molar-refractivity contribution is 5.90. The topological polar surface area (TPSA) is 86.9 Å². The minimum atomic E-state index is -1.39. The Morgan fingerprint density at radius 3 is 2.06 bits per heavy atom. The first kappa shape index (κ1) is 27.2. The molecule has 2 aromatic carbocycles. The molecule has 0 radical (unpaired) electrons. The van der Waals surface area contributed by atoms with E-state index in [-0.39, 0.29) is 53.7 Å². The van der Waals surface area contributed by atoms with Gasteiger partial charge in [0.1, 0.15) is 0 Å². The van der Waals surface area contributed by atoms with Crippen molar-refractivity contribution in [3.63, 3.8) is 0 Å². The van der Waals surface area contributed by atoms with Gasteiger partial charge in [-0.25, -0.2) is 0 Å². The van der Waals surface area contributed by atoms with Crippen molar-refractivity contribution in [1.29, 1.82) is 0 Å². The third-order valence-electron chi connectivity index (χ3n) is 6.72. The molecule has 1 heterocycles. The van der Waals surface area contributed by atoms with Gasteiger partial charge in [0, 0.05) is 44.9 Å². The number of halogens is 2. The lowest BCUT2D eigenvalue weighted by atomic mass is 9.67. The van der Waals surface area contributed by atoms with Gasteiger partial charge in [-0.05, 0) is 29.9 Å². The van der Waals surface area contributed by atoms with Gasteiger partial charge in [0.25, 0.3) is 5.69 Å². The maximum atomic E-state index is 13.3. The number of nitro groups is 1. The van der Waals surface area contributed by atoms with Crippen LogP contribution in [0.5, 0.6) is 0 Å². The number of nitro benzene ring substituents is 1. The van der Waals surface area contributed by atoms with E-state index in [9.17, 15) is 20.0 Å². The summed E-state index contributed by atoms with van der Waals surface area (Å²) in [4.78, 5) is 28.1. The van der Waals surface area contributed by atoms with Crippen LogP contribution in [0.2, 0.25) is 0 Å². The summed E-state index contributed by atoms with van der Waals surface area (Å²) in [6.07, 6.45) is 2.84. The van der Waals surface area contributed by atoms with Gasteiger partial charge in [-0.15, -0.1) is 24.8 Å². The van der Waals surface area contributed by atoms with E-state index in [1.165, 1.54) is 12.1 Å². The van der Waals surface area contributed by atoms with Crippen LogP contribution in [0.1, 0.15) is 30.4 Å². The Balaban J connectivity index is 0.00000193. The Hall–Kier alpha value is -2.03. The molecular formula is C24H31Cl2N3O4. The van der Waals surface area contributed by atoms with Crippen molar-refractivity contribution in [3.05, 3.63) is 75.8 Å². The lowest BCUT2D eigenvalue weighted by Gasteiger charge is -2.42. The molecule has 1 atom stereocenters. The highest BCUT2D eigenvalue weighted by Gasteiger charge is 2.47. The van der Waals surface area contributed by atoms with Crippen molar-refractivity contribution in [2.24, 2.45) is 5.92 Å². The first-order valence-electron chi connectivity index (χ1n) is 11.0. The van der Waals surface area contributed by atoms with E-state index in [0.29, 0.717) is 5.56 Å². The van der Waals surface area contributed by atoms with Crippen LogP contribution in [-0.2, 0) is 16.9 Å². The van der Waals surface area contributed by atoms with Crippen molar-refractivity contribution >= 4 is 36.3 Å². The standard InChI is InChI=1S/C24H29N3O4.2ClH/c28-23(24(29,21-7-4-8-21)20-5-2-1-3-6-20)18-26-15-13-25(14-16-26)17-19-9-11-22(12-10-19)27(30)31;;/h1-3,5-6,9-12,21,29H,4,7-8,13-18H2;2*1H. The average Bonchev–Trinajstić information content (AvgIpc) is 2.74. The number of benzene rings is 2. The summed E-state index contributed by atoms with van der Waals surface area (Å²) in [7, 11) is 0. The van der Waals surface area contributed by atoms with Gasteiger partial charge < -0.3 is 5.11 Å². The van der Waals surface area contributed by atoms with Crippen LogP contribution in [-0.4, -0.2) is 58.3 Å². The molecule has 1 aliphatic heterocycles. The smallest absolute Gasteiger partial charge is 0.269 e. The van der Waals surface area contributed by atoms with E-state index in [1.54, 1.807) is 12.1 Å². The third-order valence-corrected chi connectivity index (χ3v) is 6.72. The van der Waals surface area contributed by atoms with Crippen molar-refractivity contribution in [2.45, 2.75) is 31.4 Å². The van der Waals surface area contributed by atoms with Crippen molar-refractivity contribution in [3.8, 4) is 0 Å². The number of aliphatic hydroxyl groups is 1. The van der Waals surface area contributed by atoms with Gasteiger partial charge in [0.2, 0.25) is 0 Å². The number of non-ortho nitro benzene ring substituents is 1. The summed E-state index contributed by atoms with van der Waals surface area (Å²) < 4.78 is 0. The van der Waals surface area contributed by atoms with E-state index in [2.05, 4.69) is 9.80 Å². The molecule has 7 nitrogen and oxygen atoms in total. The fraction of sp³-hybridized carbons (Fsp3) is 0.458. The highest BCUT2D eigenvalue weighted by Crippen LogP contribution is 2.43. The molecule has 2 fully saturated rings. The molecule has 1 unspecified atom stereocenters. The Labute approximate surface area is 206 Å².